The van der Waals surface area contributed by atoms with Crippen LogP contribution in [-0.4, -0.2) is 25.9 Å². The van der Waals surface area contributed by atoms with Crippen LogP contribution in [0.5, 0.6) is 0 Å². The fraction of sp³-hybridized carbons (Fsp3) is 0.500. The Bertz CT molecular complexity index is 343. The lowest BCUT2D eigenvalue weighted by molar-refractivity contribution is -0.172. The number of benzene rings is 1. The van der Waals surface area contributed by atoms with Crippen LogP contribution in [0.3, 0.4) is 0 Å². The maximum atomic E-state index is 11.8. The number of ether oxygens (including phenoxy) is 1. The molecule has 0 saturated carbocycles. The molecule has 0 fully saturated rings. The van der Waals surface area contributed by atoms with E-state index in [0.717, 1.165) is 16.8 Å². The molecule has 0 heterocycles. The van der Waals surface area contributed by atoms with Crippen LogP contribution in [0, 0.1) is 13.8 Å². The van der Waals surface area contributed by atoms with Gasteiger partial charge in [0.25, 0.3) is 0 Å². The predicted molar refractivity (Wildman–Crippen MR) is 61.3 cm³/mol. The van der Waals surface area contributed by atoms with Crippen molar-refractivity contribution >= 4 is 5.69 Å². The first-order chi connectivity index (χ1) is 7.90. The maximum Gasteiger partial charge on any atom is 0.411 e. The fourth-order valence-electron chi connectivity index (χ4n) is 1.53. The zero-order valence-electron chi connectivity index (χ0n) is 9.90. The molecule has 0 saturated heterocycles. The minimum Gasteiger partial charge on any atom is -0.382 e. The predicted octanol–water partition coefficient (Wildman–Crippen LogP) is 3.29. The first-order valence-electron chi connectivity index (χ1n) is 5.35. The van der Waals surface area contributed by atoms with Gasteiger partial charge < -0.3 is 10.1 Å². The number of nitrogens with one attached hydrogen (secondary N) is 1. The summed E-state index contributed by atoms with van der Waals surface area (Å²) in [6.07, 6.45) is -4.25. The number of anilines is 1. The summed E-state index contributed by atoms with van der Waals surface area (Å²) in [6, 6.07) is 5.84. The molecule has 0 aliphatic rings. The van der Waals surface area contributed by atoms with Crippen LogP contribution in [0.2, 0.25) is 0 Å². The van der Waals surface area contributed by atoms with Gasteiger partial charge in [0.05, 0.1) is 6.61 Å². The van der Waals surface area contributed by atoms with Crippen molar-refractivity contribution in [2.45, 2.75) is 20.0 Å². The molecule has 2 nitrogen and oxygen atoms in total. The Morgan fingerprint density at radius 3 is 2.29 bits per heavy atom. The molecule has 0 atom stereocenters. The number of rotatable bonds is 5. The molecule has 17 heavy (non-hydrogen) atoms. The van der Waals surface area contributed by atoms with Crippen molar-refractivity contribution in [3.05, 3.63) is 29.3 Å². The summed E-state index contributed by atoms with van der Waals surface area (Å²) in [5.74, 6) is 0. The Kier molecular flexibility index (Phi) is 4.81. The van der Waals surface area contributed by atoms with Gasteiger partial charge in [0.15, 0.2) is 0 Å². The van der Waals surface area contributed by atoms with Gasteiger partial charge in [0.1, 0.15) is 6.61 Å². The monoisotopic (exact) mass is 247 g/mol. The van der Waals surface area contributed by atoms with Crippen LogP contribution in [0.4, 0.5) is 18.9 Å². The highest BCUT2D eigenvalue weighted by Crippen LogP contribution is 2.19. The summed E-state index contributed by atoms with van der Waals surface area (Å²) in [4.78, 5) is 0. The molecule has 0 radical (unpaired) electrons. The smallest absolute Gasteiger partial charge is 0.382 e. The van der Waals surface area contributed by atoms with Crippen molar-refractivity contribution < 1.29 is 17.9 Å². The molecule has 0 bridgehead atoms. The Morgan fingerprint density at radius 1 is 1.18 bits per heavy atom. The van der Waals surface area contributed by atoms with Gasteiger partial charge in [-0.1, -0.05) is 18.2 Å². The Balaban J connectivity index is 2.32. The van der Waals surface area contributed by atoms with Gasteiger partial charge in [-0.15, -0.1) is 0 Å². The third kappa shape index (κ3) is 5.08. The highest BCUT2D eigenvalue weighted by molar-refractivity contribution is 5.56. The molecule has 0 aromatic heterocycles. The normalized spacial score (nSPS) is 11.6. The second kappa shape index (κ2) is 5.91. The van der Waals surface area contributed by atoms with Crippen LogP contribution >= 0.6 is 0 Å². The molecular formula is C12H16F3NO. The topological polar surface area (TPSA) is 21.3 Å². The van der Waals surface area contributed by atoms with E-state index < -0.39 is 12.8 Å². The highest BCUT2D eigenvalue weighted by atomic mass is 19.4. The molecular weight excluding hydrogens is 231 g/mol. The lowest BCUT2D eigenvalue weighted by Crippen LogP contribution is -2.20. The van der Waals surface area contributed by atoms with Crippen LogP contribution in [0.25, 0.3) is 0 Å². The minimum atomic E-state index is -4.25. The van der Waals surface area contributed by atoms with E-state index in [1.54, 1.807) is 0 Å². The summed E-state index contributed by atoms with van der Waals surface area (Å²) >= 11 is 0. The average molecular weight is 247 g/mol. The maximum absolute atomic E-state index is 11.8. The summed E-state index contributed by atoms with van der Waals surface area (Å²) in [5, 5.41) is 3.08. The van der Waals surface area contributed by atoms with Crippen LogP contribution < -0.4 is 5.32 Å². The van der Waals surface area contributed by atoms with Crippen molar-refractivity contribution in [2.24, 2.45) is 0 Å². The molecule has 0 aliphatic carbocycles. The molecule has 1 rings (SSSR count). The quantitative estimate of drug-likeness (QED) is 0.806. The summed E-state index contributed by atoms with van der Waals surface area (Å²) < 4.78 is 39.9. The molecule has 1 aromatic carbocycles. The number of alkyl halides is 3. The molecule has 5 heteroatoms. The van der Waals surface area contributed by atoms with Gasteiger partial charge in [-0.2, -0.15) is 13.2 Å². The number of para-hydroxylation sites is 1. The molecule has 0 unspecified atom stereocenters. The van der Waals surface area contributed by atoms with Gasteiger partial charge in [-0.25, -0.2) is 0 Å². The zero-order valence-corrected chi connectivity index (χ0v) is 9.90. The summed E-state index contributed by atoms with van der Waals surface area (Å²) in [7, 11) is 0. The number of hydrogen-bond acceptors (Lipinski definition) is 2. The molecule has 96 valence electrons. The lowest BCUT2D eigenvalue weighted by atomic mass is 10.1. The molecule has 1 aromatic rings. The van der Waals surface area contributed by atoms with Crippen molar-refractivity contribution in [3.63, 3.8) is 0 Å². The number of aryl methyl sites for hydroxylation is 2. The van der Waals surface area contributed by atoms with Crippen molar-refractivity contribution in [2.75, 3.05) is 25.1 Å². The SMILES string of the molecule is Cc1cccc(C)c1NCCOCC(F)(F)F. The van der Waals surface area contributed by atoms with Crippen LogP contribution in [-0.2, 0) is 4.74 Å². The van der Waals surface area contributed by atoms with E-state index in [9.17, 15) is 13.2 Å². The fourth-order valence-corrected chi connectivity index (χ4v) is 1.53. The first kappa shape index (κ1) is 13.8. The van der Waals surface area contributed by atoms with Crippen molar-refractivity contribution in [1.29, 1.82) is 0 Å². The summed E-state index contributed by atoms with van der Waals surface area (Å²) in [5.41, 5.74) is 3.10. The number of hydrogen-bond donors (Lipinski definition) is 1. The molecule has 0 aliphatic heterocycles. The van der Waals surface area contributed by atoms with E-state index in [1.807, 2.05) is 32.0 Å². The zero-order chi connectivity index (χ0) is 12.9. The third-order valence-corrected chi connectivity index (χ3v) is 2.30. The largest absolute Gasteiger partial charge is 0.411 e. The Morgan fingerprint density at radius 2 is 1.76 bits per heavy atom. The van der Waals surface area contributed by atoms with E-state index >= 15 is 0 Å². The van der Waals surface area contributed by atoms with Gasteiger partial charge in [0.2, 0.25) is 0 Å². The first-order valence-corrected chi connectivity index (χ1v) is 5.35. The van der Waals surface area contributed by atoms with Gasteiger partial charge in [-0.3, -0.25) is 0 Å². The van der Waals surface area contributed by atoms with E-state index in [2.05, 4.69) is 10.1 Å². The molecule has 0 spiro atoms. The number of halogens is 3. The van der Waals surface area contributed by atoms with Crippen molar-refractivity contribution in [3.8, 4) is 0 Å². The van der Waals surface area contributed by atoms with Crippen LogP contribution in [0.1, 0.15) is 11.1 Å². The summed E-state index contributed by atoms with van der Waals surface area (Å²) in [6.45, 7) is 3.11. The lowest BCUT2D eigenvalue weighted by Gasteiger charge is -2.13. The highest BCUT2D eigenvalue weighted by Gasteiger charge is 2.27. The van der Waals surface area contributed by atoms with Gasteiger partial charge in [0, 0.05) is 12.2 Å². The second-order valence-electron chi connectivity index (χ2n) is 3.86. The minimum absolute atomic E-state index is 0.0350. The van der Waals surface area contributed by atoms with Crippen LogP contribution in [0.15, 0.2) is 18.2 Å². The Hall–Kier alpha value is -1.23. The second-order valence-corrected chi connectivity index (χ2v) is 3.86. The van der Waals surface area contributed by atoms with Gasteiger partial charge >= 0.3 is 6.18 Å². The standard InChI is InChI=1S/C12H16F3NO/c1-9-4-3-5-10(2)11(9)16-6-7-17-8-12(13,14)15/h3-5,16H,6-8H2,1-2H3. The Labute approximate surface area is 98.8 Å². The van der Waals surface area contributed by atoms with E-state index in [0.29, 0.717) is 6.54 Å². The molecule has 0 amide bonds. The van der Waals surface area contributed by atoms with E-state index in [1.165, 1.54) is 0 Å². The average Bonchev–Trinajstić information content (AvgIpc) is 2.20. The van der Waals surface area contributed by atoms with E-state index in [-0.39, 0.29) is 6.61 Å². The van der Waals surface area contributed by atoms with Gasteiger partial charge in [-0.05, 0) is 25.0 Å². The third-order valence-electron chi connectivity index (χ3n) is 2.30. The van der Waals surface area contributed by atoms with E-state index in [4.69, 9.17) is 0 Å². The van der Waals surface area contributed by atoms with Crippen molar-refractivity contribution in [1.82, 2.24) is 0 Å². The molecule has 1 N–H and O–H groups in total.